The van der Waals surface area contributed by atoms with Crippen LogP contribution in [-0.4, -0.2) is 16.3 Å². The van der Waals surface area contributed by atoms with Gasteiger partial charge in [-0.3, -0.25) is 0 Å². The maximum atomic E-state index is 11.1. The van der Waals surface area contributed by atoms with Crippen molar-refractivity contribution in [3.05, 3.63) is 16.0 Å². The third-order valence-corrected chi connectivity index (χ3v) is 2.32. The number of hydrogen-bond acceptors (Lipinski definition) is 3. The van der Waals surface area contributed by atoms with Crippen molar-refractivity contribution in [1.82, 2.24) is 10.3 Å². The van der Waals surface area contributed by atoms with Gasteiger partial charge in [0, 0.05) is 6.42 Å². The Morgan fingerprint density at radius 2 is 2.38 bits per heavy atom. The van der Waals surface area contributed by atoms with Crippen LogP contribution >= 0.6 is 0 Å². The Morgan fingerprint density at radius 3 is 3.08 bits per heavy atom. The first kappa shape index (κ1) is 8.03. The molecule has 1 unspecified atom stereocenters. The number of rotatable bonds is 1. The van der Waals surface area contributed by atoms with Crippen molar-refractivity contribution in [3.63, 3.8) is 0 Å². The monoisotopic (exact) mass is 183 g/mol. The molecule has 0 fully saturated rings. The lowest BCUT2D eigenvalue weighted by molar-refractivity contribution is -0.780. The zero-order chi connectivity index (χ0) is 9.42. The van der Waals surface area contributed by atoms with E-state index in [0.29, 0.717) is 25.0 Å². The Labute approximate surface area is 73.2 Å². The van der Waals surface area contributed by atoms with Crippen LogP contribution in [0.15, 0.2) is 4.79 Å². The van der Waals surface area contributed by atoms with Gasteiger partial charge < -0.3 is 9.90 Å². The first-order chi connectivity index (χ1) is 6.20. The lowest BCUT2D eigenvalue weighted by Crippen LogP contribution is -2.55. The van der Waals surface area contributed by atoms with Crippen molar-refractivity contribution in [2.24, 2.45) is 0 Å². The lowest BCUT2D eigenvalue weighted by atomic mass is 10.0. The summed E-state index contributed by atoms with van der Waals surface area (Å²) in [4.78, 5) is 21.8. The predicted molar refractivity (Wildman–Crippen MR) is 38.6 cm³/mol. The fourth-order valence-corrected chi connectivity index (χ4v) is 1.68. The van der Waals surface area contributed by atoms with Gasteiger partial charge in [-0.15, -0.1) is 5.10 Å². The van der Waals surface area contributed by atoms with Gasteiger partial charge in [0.2, 0.25) is 5.69 Å². The fourth-order valence-electron chi connectivity index (χ4n) is 1.68. The summed E-state index contributed by atoms with van der Waals surface area (Å²) < 4.78 is 1.35. The standard InChI is InChI=1S/C7H9N3O3/c11-6-4-2-1-3-5(7(12)13)10(4)9-8-6/h5H,1-3H2,(H2,11,12,13). The summed E-state index contributed by atoms with van der Waals surface area (Å²) in [6.07, 6.45) is 1.83. The van der Waals surface area contributed by atoms with Gasteiger partial charge in [-0.2, -0.15) is 4.68 Å². The molecule has 6 heteroatoms. The summed E-state index contributed by atoms with van der Waals surface area (Å²) in [6.45, 7) is 0. The minimum absolute atomic E-state index is 0.244. The minimum Gasteiger partial charge on any atom is -0.545 e. The summed E-state index contributed by atoms with van der Waals surface area (Å²) in [5.41, 5.74) is 0.242. The molecule has 2 N–H and O–H groups in total. The molecule has 13 heavy (non-hydrogen) atoms. The Hall–Kier alpha value is -1.59. The molecule has 1 aliphatic heterocycles. The molecule has 1 aromatic heterocycles. The second-order valence-corrected chi connectivity index (χ2v) is 3.11. The molecule has 0 aromatic carbocycles. The maximum Gasteiger partial charge on any atom is 0.393 e. The van der Waals surface area contributed by atoms with Crippen LogP contribution in [0.3, 0.4) is 0 Å². The summed E-state index contributed by atoms with van der Waals surface area (Å²) >= 11 is 0. The van der Waals surface area contributed by atoms with Gasteiger partial charge in [-0.1, -0.05) is 5.21 Å². The van der Waals surface area contributed by atoms with E-state index in [9.17, 15) is 14.7 Å². The average Bonchev–Trinajstić information content (AvgIpc) is 2.48. The summed E-state index contributed by atoms with van der Waals surface area (Å²) in [5, 5.41) is 15.5. The van der Waals surface area contributed by atoms with Gasteiger partial charge >= 0.3 is 5.56 Å². The van der Waals surface area contributed by atoms with Crippen LogP contribution in [0.2, 0.25) is 0 Å². The number of aromatic amines is 2. The minimum atomic E-state index is -1.15. The molecule has 1 aromatic rings. The molecule has 70 valence electrons. The molecule has 0 aliphatic carbocycles. The maximum absolute atomic E-state index is 11.1. The summed E-state index contributed by atoms with van der Waals surface area (Å²) in [7, 11) is 0. The second kappa shape index (κ2) is 2.72. The van der Waals surface area contributed by atoms with Crippen LogP contribution in [0.25, 0.3) is 0 Å². The number of carboxylic acids is 1. The summed E-state index contributed by atoms with van der Waals surface area (Å²) in [5.74, 6) is -1.15. The number of aliphatic carboxylic acids is 1. The zero-order valence-electron chi connectivity index (χ0n) is 6.87. The van der Waals surface area contributed by atoms with Gasteiger partial charge in [0.25, 0.3) is 0 Å². The third kappa shape index (κ3) is 1.14. The van der Waals surface area contributed by atoms with Crippen LogP contribution in [0.5, 0.6) is 0 Å². The number of aromatic nitrogens is 3. The van der Waals surface area contributed by atoms with Crippen LogP contribution < -0.4 is 15.3 Å². The smallest absolute Gasteiger partial charge is 0.393 e. The van der Waals surface area contributed by atoms with E-state index in [2.05, 4.69) is 10.3 Å². The van der Waals surface area contributed by atoms with Crippen molar-refractivity contribution in [2.45, 2.75) is 25.3 Å². The quantitative estimate of drug-likeness (QED) is 0.476. The number of H-pyrrole nitrogens is 2. The molecule has 0 spiro atoms. The van der Waals surface area contributed by atoms with Gasteiger partial charge in [0.1, 0.15) is 0 Å². The third-order valence-electron chi connectivity index (χ3n) is 2.32. The molecule has 0 saturated heterocycles. The second-order valence-electron chi connectivity index (χ2n) is 3.11. The van der Waals surface area contributed by atoms with Gasteiger partial charge in [0.05, 0.1) is 5.97 Å². The van der Waals surface area contributed by atoms with E-state index in [4.69, 9.17) is 0 Å². The molecule has 0 bridgehead atoms. The number of carboxylic acid groups (broad SMARTS) is 1. The topological polar surface area (TPSA) is 92.7 Å². The predicted octanol–water partition coefficient (Wildman–Crippen LogP) is -2.38. The Kier molecular flexibility index (Phi) is 1.68. The number of nitrogens with one attached hydrogen (secondary N) is 2. The van der Waals surface area contributed by atoms with Gasteiger partial charge in [0.15, 0.2) is 6.04 Å². The molecule has 2 rings (SSSR count). The number of carbonyl (C=O) groups is 1. The normalized spacial score (nSPS) is 21.1. The molecular formula is C7H9N3O3. The molecule has 6 nitrogen and oxygen atoms in total. The zero-order valence-corrected chi connectivity index (χ0v) is 6.87. The average molecular weight is 183 g/mol. The van der Waals surface area contributed by atoms with Crippen molar-refractivity contribution < 1.29 is 14.6 Å². The number of fused-ring (bicyclic) bond motifs is 1. The molecule has 2 heterocycles. The molecular weight excluding hydrogens is 174 g/mol. The summed E-state index contributed by atoms with van der Waals surface area (Å²) in [6, 6.07) is -0.734. The SMILES string of the molecule is O=C([O-])C1CCCc2c(=O)[nH][nH][n+]21. The fraction of sp³-hybridized carbons (Fsp3) is 0.571. The first-order valence-electron chi connectivity index (χ1n) is 4.12. The first-order valence-corrected chi connectivity index (χ1v) is 4.12. The highest BCUT2D eigenvalue weighted by atomic mass is 16.4. The largest absolute Gasteiger partial charge is 0.545 e. The lowest BCUT2D eigenvalue weighted by Gasteiger charge is -2.18. The molecule has 0 saturated carbocycles. The van der Waals surface area contributed by atoms with Crippen LogP contribution in [0, 0.1) is 0 Å². The van der Waals surface area contributed by atoms with Crippen LogP contribution in [0.4, 0.5) is 0 Å². The Morgan fingerprint density at radius 1 is 1.62 bits per heavy atom. The van der Waals surface area contributed by atoms with Crippen LogP contribution in [-0.2, 0) is 11.2 Å². The molecule has 0 radical (unpaired) electrons. The highest BCUT2D eigenvalue weighted by Gasteiger charge is 2.29. The van der Waals surface area contributed by atoms with Gasteiger partial charge in [-0.05, 0) is 12.8 Å². The Bertz CT molecular complexity index is 392. The van der Waals surface area contributed by atoms with E-state index in [1.807, 2.05) is 0 Å². The molecule has 1 atom stereocenters. The number of nitrogens with zero attached hydrogens (tertiary/aromatic N) is 1. The number of hydrogen-bond donors (Lipinski definition) is 2. The van der Waals surface area contributed by atoms with E-state index in [1.165, 1.54) is 4.68 Å². The Balaban J connectivity index is 2.49. The van der Waals surface area contributed by atoms with E-state index in [-0.39, 0.29) is 5.56 Å². The van der Waals surface area contributed by atoms with Crippen LogP contribution in [0.1, 0.15) is 24.6 Å². The van der Waals surface area contributed by atoms with Crippen molar-refractivity contribution in [3.8, 4) is 0 Å². The van der Waals surface area contributed by atoms with E-state index in [1.54, 1.807) is 0 Å². The number of carbonyl (C=O) groups excluding carboxylic acids is 1. The van der Waals surface area contributed by atoms with Crippen molar-refractivity contribution in [1.29, 1.82) is 0 Å². The highest BCUT2D eigenvalue weighted by molar-refractivity contribution is 5.67. The van der Waals surface area contributed by atoms with E-state index in [0.717, 1.165) is 0 Å². The van der Waals surface area contributed by atoms with Crippen molar-refractivity contribution >= 4 is 5.97 Å². The molecule has 0 amide bonds. The van der Waals surface area contributed by atoms with E-state index >= 15 is 0 Å². The highest BCUT2D eigenvalue weighted by Crippen LogP contribution is 2.12. The van der Waals surface area contributed by atoms with Crippen molar-refractivity contribution in [2.75, 3.05) is 0 Å². The van der Waals surface area contributed by atoms with Gasteiger partial charge in [-0.25, -0.2) is 4.79 Å². The van der Waals surface area contributed by atoms with E-state index < -0.39 is 12.0 Å². The molecule has 1 aliphatic rings.